The molecule has 0 heterocycles. The second-order valence-corrected chi connectivity index (χ2v) is 18.9. The molecule has 2 atom stereocenters. The zero-order valence-electron chi connectivity index (χ0n) is 41.6. The molecule has 0 radical (unpaired) electrons. The van der Waals surface area contributed by atoms with Crippen molar-refractivity contribution in [1.82, 2.24) is 5.32 Å². The summed E-state index contributed by atoms with van der Waals surface area (Å²) < 4.78 is 5.47. The number of nitrogens with one attached hydrogen (secondary N) is 1. The number of aliphatic hydroxyl groups is 2. The third-order valence-corrected chi connectivity index (χ3v) is 12.8. The Balaban J connectivity index is 3.41. The van der Waals surface area contributed by atoms with E-state index in [1.807, 2.05) is 0 Å². The second-order valence-electron chi connectivity index (χ2n) is 18.9. The number of carbonyl (C=O) groups excluding carboxylic acids is 2. The molecule has 0 rings (SSSR count). The minimum absolute atomic E-state index is 0.00808. The molecule has 0 spiro atoms. The largest absolute Gasteiger partial charge is 0.466 e. The summed E-state index contributed by atoms with van der Waals surface area (Å²) in [5.74, 6) is -0.0490. The van der Waals surface area contributed by atoms with Crippen LogP contribution in [0.3, 0.4) is 0 Å². The Labute approximate surface area is 386 Å². The molecule has 62 heavy (non-hydrogen) atoms. The summed E-state index contributed by atoms with van der Waals surface area (Å²) in [7, 11) is 0. The fourth-order valence-corrected chi connectivity index (χ4v) is 8.49. The zero-order chi connectivity index (χ0) is 45.1. The molecule has 366 valence electrons. The number of carbonyl (C=O) groups is 2. The van der Waals surface area contributed by atoms with Gasteiger partial charge in [-0.05, 0) is 57.8 Å². The van der Waals surface area contributed by atoms with Crippen molar-refractivity contribution in [3.8, 4) is 0 Å². The number of amides is 1. The van der Waals surface area contributed by atoms with Crippen LogP contribution < -0.4 is 5.32 Å². The maximum absolute atomic E-state index is 12.4. The molecule has 0 saturated carbocycles. The zero-order valence-corrected chi connectivity index (χ0v) is 41.6. The molecule has 0 bridgehead atoms. The number of aliphatic hydroxyl groups excluding tert-OH is 2. The van der Waals surface area contributed by atoms with Crippen molar-refractivity contribution in [1.29, 1.82) is 0 Å². The van der Waals surface area contributed by atoms with Crippen molar-refractivity contribution in [3.63, 3.8) is 0 Å². The number of unbranched alkanes of at least 4 members (excludes halogenated alkanes) is 36. The SMILES string of the molecule is CCCCCC/C=C\C/C=C\CCCCCCCC(=O)OCCCCCCCCCCCCCCCCCCCC(=O)NC(CO)C(O)CCCCCCCCCCCCCC. The molecule has 6 heteroatoms. The fourth-order valence-electron chi connectivity index (χ4n) is 8.49. The van der Waals surface area contributed by atoms with E-state index in [1.54, 1.807) is 0 Å². The van der Waals surface area contributed by atoms with Crippen LogP contribution in [0.15, 0.2) is 24.3 Å². The number of rotatable bonds is 51. The van der Waals surface area contributed by atoms with Crippen molar-refractivity contribution < 1.29 is 24.5 Å². The third-order valence-electron chi connectivity index (χ3n) is 12.8. The minimum atomic E-state index is -0.667. The van der Waals surface area contributed by atoms with E-state index in [4.69, 9.17) is 4.74 Å². The van der Waals surface area contributed by atoms with Crippen LogP contribution in [0.2, 0.25) is 0 Å². The quantitative estimate of drug-likeness (QED) is 0.0321. The van der Waals surface area contributed by atoms with E-state index in [0.29, 0.717) is 25.9 Å². The van der Waals surface area contributed by atoms with Crippen molar-refractivity contribution >= 4 is 11.9 Å². The van der Waals surface area contributed by atoms with Crippen LogP contribution in [0.1, 0.15) is 296 Å². The lowest BCUT2D eigenvalue weighted by Gasteiger charge is -2.22. The van der Waals surface area contributed by atoms with Gasteiger partial charge in [0.1, 0.15) is 0 Å². The molecule has 0 aliphatic rings. The highest BCUT2D eigenvalue weighted by Gasteiger charge is 2.20. The first kappa shape index (κ1) is 60.3. The summed E-state index contributed by atoms with van der Waals surface area (Å²) in [6.45, 7) is 4.92. The summed E-state index contributed by atoms with van der Waals surface area (Å²) >= 11 is 0. The molecule has 0 aromatic heterocycles. The van der Waals surface area contributed by atoms with Gasteiger partial charge in [-0.25, -0.2) is 0 Å². The summed E-state index contributed by atoms with van der Waals surface area (Å²) in [6, 6.07) is -0.544. The van der Waals surface area contributed by atoms with Crippen LogP contribution >= 0.6 is 0 Å². The summed E-state index contributed by atoms with van der Waals surface area (Å²) in [5.41, 5.74) is 0. The van der Waals surface area contributed by atoms with Gasteiger partial charge in [0.15, 0.2) is 0 Å². The van der Waals surface area contributed by atoms with E-state index in [0.717, 1.165) is 51.4 Å². The molecular formula is C56H107NO5. The third kappa shape index (κ3) is 47.8. The molecule has 6 nitrogen and oxygen atoms in total. The monoisotopic (exact) mass is 874 g/mol. The maximum Gasteiger partial charge on any atom is 0.305 e. The Hall–Kier alpha value is -1.66. The lowest BCUT2D eigenvalue weighted by Crippen LogP contribution is -2.45. The highest BCUT2D eigenvalue weighted by molar-refractivity contribution is 5.76. The number of ether oxygens (including phenoxy) is 1. The van der Waals surface area contributed by atoms with Gasteiger partial charge in [0, 0.05) is 12.8 Å². The standard InChI is InChI=1S/C56H107NO5/c1-3-5-7-9-11-13-15-17-18-23-26-30-34-38-42-46-50-56(61)62-51-47-43-39-35-31-27-24-21-19-20-22-25-29-33-37-41-45-49-55(60)57-53(52-58)54(59)48-44-40-36-32-28-16-14-12-10-8-6-4-2/h13,15,18,23,53-54,58-59H,3-12,14,16-17,19-22,24-52H2,1-2H3,(H,57,60)/b15-13-,23-18-. The van der Waals surface area contributed by atoms with Crippen LogP contribution in [-0.4, -0.2) is 47.4 Å². The predicted octanol–water partition coefficient (Wildman–Crippen LogP) is 16.7. The van der Waals surface area contributed by atoms with Crippen LogP contribution in [0.5, 0.6) is 0 Å². The lowest BCUT2D eigenvalue weighted by molar-refractivity contribution is -0.143. The average molecular weight is 874 g/mol. The van der Waals surface area contributed by atoms with E-state index in [9.17, 15) is 19.8 Å². The summed E-state index contributed by atoms with van der Waals surface area (Å²) in [5, 5.41) is 23.2. The molecule has 0 aromatic carbocycles. The van der Waals surface area contributed by atoms with E-state index in [1.165, 1.54) is 212 Å². The normalized spacial score (nSPS) is 12.8. The van der Waals surface area contributed by atoms with Crippen LogP contribution in [0.25, 0.3) is 0 Å². The Morgan fingerprint density at radius 2 is 0.806 bits per heavy atom. The molecule has 0 aromatic rings. The second kappa shape index (κ2) is 52.0. The van der Waals surface area contributed by atoms with Gasteiger partial charge in [-0.2, -0.15) is 0 Å². The van der Waals surface area contributed by atoms with Gasteiger partial charge in [-0.1, -0.05) is 250 Å². The van der Waals surface area contributed by atoms with E-state index in [-0.39, 0.29) is 18.5 Å². The van der Waals surface area contributed by atoms with Crippen LogP contribution in [0, 0.1) is 0 Å². The van der Waals surface area contributed by atoms with E-state index < -0.39 is 12.1 Å². The molecule has 1 amide bonds. The molecule has 0 aliphatic carbocycles. The lowest BCUT2D eigenvalue weighted by atomic mass is 10.0. The van der Waals surface area contributed by atoms with Crippen molar-refractivity contribution in [3.05, 3.63) is 24.3 Å². The smallest absolute Gasteiger partial charge is 0.305 e. The number of esters is 1. The van der Waals surface area contributed by atoms with Crippen molar-refractivity contribution in [2.24, 2.45) is 0 Å². The minimum Gasteiger partial charge on any atom is -0.466 e. The first-order valence-corrected chi connectivity index (χ1v) is 27.6. The molecule has 3 N–H and O–H groups in total. The highest BCUT2D eigenvalue weighted by atomic mass is 16.5. The Bertz CT molecular complexity index is 966. The molecule has 2 unspecified atom stereocenters. The first-order valence-electron chi connectivity index (χ1n) is 27.6. The van der Waals surface area contributed by atoms with Gasteiger partial charge in [0.05, 0.1) is 25.4 Å². The average Bonchev–Trinajstić information content (AvgIpc) is 3.27. The predicted molar refractivity (Wildman–Crippen MR) is 269 cm³/mol. The van der Waals surface area contributed by atoms with E-state index >= 15 is 0 Å². The molecule has 0 fully saturated rings. The van der Waals surface area contributed by atoms with Gasteiger partial charge in [0.2, 0.25) is 5.91 Å². The molecule has 0 saturated heterocycles. The first-order chi connectivity index (χ1) is 30.5. The number of hydrogen-bond acceptors (Lipinski definition) is 5. The van der Waals surface area contributed by atoms with Crippen LogP contribution in [0.4, 0.5) is 0 Å². The molecule has 0 aliphatic heterocycles. The van der Waals surface area contributed by atoms with Gasteiger partial charge >= 0.3 is 5.97 Å². The Kier molecular flexibility index (Phi) is 50.6. The van der Waals surface area contributed by atoms with E-state index in [2.05, 4.69) is 43.5 Å². The van der Waals surface area contributed by atoms with Crippen molar-refractivity contribution in [2.45, 2.75) is 309 Å². The number of allylic oxidation sites excluding steroid dienone is 4. The summed E-state index contributed by atoms with van der Waals surface area (Å²) in [4.78, 5) is 24.5. The summed E-state index contributed by atoms with van der Waals surface area (Å²) in [6.07, 6.45) is 61.5. The van der Waals surface area contributed by atoms with Gasteiger partial charge < -0.3 is 20.3 Å². The van der Waals surface area contributed by atoms with Crippen molar-refractivity contribution in [2.75, 3.05) is 13.2 Å². The van der Waals surface area contributed by atoms with Gasteiger partial charge in [-0.3, -0.25) is 9.59 Å². The fraction of sp³-hybridized carbons (Fsp3) is 0.893. The van der Waals surface area contributed by atoms with Gasteiger partial charge in [-0.15, -0.1) is 0 Å². The molecular weight excluding hydrogens is 767 g/mol. The highest BCUT2D eigenvalue weighted by Crippen LogP contribution is 2.17. The topological polar surface area (TPSA) is 95.9 Å². The van der Waals surface area contributed by atoms with Gasteiger partial charge in [0.25, 0.3) is 0 Å². The Morgan fingerprint density at radius 1 is 0.452 bits per heavy atom. The number of hydrogen-bond donors (Lipinski definition) is 3. The Morgan fingerprint density at radius 3 is 1.24 bits per heavy atom. The maximum atomic E-state index is 12.4. The van der Waals surface area contributed by atoms with Crippen LogP contribution in [-0.2, 0) is 14.3 Å².